The van der Waals surface area contributed by atoms with Crippen LogP contribution >= 0.6 is 0 Å². The quantitative estimate of drug-likeness (QED) is 0.640. The molecule has 5 aliphatic rings. The van der Waals surface area contributed by atoms with E-state index in [4.69, 9.17) is 4.84 Å². The summed E-state index contributed by atoms with van der Waals surface area (Å²) in [6, 6.07) is 0. The van der Waals surface area contributed by atoms with Crippen LogP contribution < -0.4 is 5.59 Å². The van der Waals surface area contributed by atoms with E-state index in [-0.39, 0.29) is 5.72 Å². The Hall–Kier alpha value is -0.640. The molecule has 0 unspecified atom stereocenters. The molecule has 0 aromatic rings. The number of nitrogens with zero attached hydrogens (tertiary/aromatic N) is 2. The minimum absolute atomic E-state index is 0.257. The first-order chi connectivity index (χ1) is 6.87. The van der Waals surface area contributed by atoms with Crippen LogP contribution in [0, 0.1) is 23.7 Å². The van der Waals surface area contributed by atoms with Gasteiger partial charge in [-0.05, 0) is 43.9 Å². The molecule has 4 heteroatoms. The van der Waals surface area contributed by atoms with Crippen LogP contribution in [0.1, 0.15) is 32.1 Å². The van der Waals surface area contributed by atoms with E-state index in [1.165, 1.54) is 32.1 Å². The largest absolute Gasteiger partial charge is 0.225 e. The van der Waals surface area contributed by atoms with Crippen LogP contribution in [0.3, 0.4) is 0 Å². The van der Waals surface area contributed by atoms with Gasteiger partial charge in [-0.15, -0.1) is 5.11 Å². The number of hydrogen-bond acceptors (Lipinski definition) is 4. The molecule has 1 heterocycles. The minimum Gasteiger partial charge on any atom is -0.225 e. The molecule has 4 aliphatic carbocycles. The zero-order valence-electron chi connectivity index (χ0n) is 8.15. The fraction of sp³-hybridized carbons (Fsp3) is 1.00. The third kappa shape index (κ3) is 0.749. The van der Waals surface area contributed by atoms with Crippen molar-refractivity contribution < 1.29 is 4.84 Å². The van der Waals surface area contributed by atoms with Crippen molar-refractivity contribution in [1.29, 1.82) is 0 Å². The smallest absolute Gasteiger partial charge is 0.214 e. The number of nitrogens with one attached hydrogen (secondary N) is 1. The highest BCUT2D eigenvalue weighted by Gasteiger charge is 2.60. The predicted octanol–water partition coefficient (Wildman–Crippen LogP) is 2.04. The van der Waals surface area contributed by atoms with Crippen molar-refractivity contribution in [3.05, 3.63) is 0 Å². The van der Waals surface area contributed by atoms with Gasteiger partial charge < -0.3 is 0 Å². The summed E-state index contributed by atoms with van der Waals surface area (Å²) in [5, 5.41) is 8.19. The second kappa shape index (κ2) is 2.30. The van der Waals surface area contributed by atoms with Gasteiger partial charge in [-0.2, -0.15) is 5.59 Å². The Kier molecular flexibility index (Phi) is 1.25. The van der Waals surface area contributed by atoms with Crippen molar-refractivity contribution in [2.75, 3.05) is 0 Å². The Labute approximate surface area is 83.0 Å². The third-order valence-electron chi connectivity index (χ3n) is 4.76. The van der Waals surface area contributed by atoms with Gasteiger partial charge in [-0.1, -0.05) is 5.22 Å². The van der Waals surface area contributed by atoms with Crippen LogP contribution in [0.4, 0.5) is 0 Å². The molecule has 4 nitrogen and oxygen atoms in total. The molecule has 76 valence electrons. The van der Waals surface area contributed by atoms with Crippen LogP contribution in [0.2, 0.25) is 0 Å². The lowest BCUT2D eigenvalue weighted by molar-refractivity contribution is -0.207. The van der Waals surface area contributed by atoms with Crippen LogP contribution in [0.25, 0.3) is 0 Å². The summed E-state index contributed by atoms with van der Waals surface area (Å²) in [6.45, 7) is 0. The first-order valence-corrected chi connectivity index (χ1v) is 5.72. The molecule has 4 bridgehead atoms. The first-order valence-electron chi connectivity index (χ1n) is 5.72. The molecule has 4 fully saturated rings. The zero-order chi connectivity index (χ0) is 9.17. The van der Waals surface area contributed by atoms with E-state index >= 15 is 0 Å². The SMILES string of the molecule is C1C2CC3CC1CC(C2)C31N=NNO1. The van der Waals surface area contributed by atoms with Gasteiger partial charge in [0.1, 0.15) is 0 Å². The van der Waals surface area contributed by atoms with Crippen LogP contribution in [0.5, 0.6) is 0 Å². The molecule has 0 atom stereocenters. The summed E-state index contributed by atoms with van der Waals surface area (Å²) < 4.78 is 0. The highest BCUT2D eigenvalue weighted by Crippen LogP contribution is 2.60. The Bertz CT molecular complexity index is 274. The number of hydrogen-bond donors (Lipinski definition) is 1. The van der Waals surface area contributed by atoms with Crippen LogP contribution in [0.15, 0.2) is 10.3 Å². The Balaban J connectivity index is 1.77. The maximum Gasteiger partial charge on any atom is 0.214 e. The number of rotatable bonds is 0. The normalized spacial score (nSPS) is 58.3. The van der Waals surface area contributed by atoms with Crippen molar-refractivity contribution in [2.45, 2.75) is 37.8 Å². The average Bonchev–Trinajstić information content (AvgIpc) is 2.63. The summed E-state index contributed by atoms with van der Waals surface area (Å²) >= 11 is 0. The fourth-order valence-corrected chi connectivity index (χ4v) is 4.40. The molecule has 14 heavy (non-hydrogen) atoms. The molecule has 1 N–H and O–H groups in total. The van der Waals surface area contributed by atoms with Gasteiger partial charge >= 0.3 is 0 Å². The summed E-state index contributed by atoms with van der Waals surface area (Å²) in [5.74, 6) is 3.19. The zero-order valence-corrected chi connectivity index (χ0v) is 8.15. The molecular formula is C10H15N3O. The lowest BCUT2D eigenvalue weighted by Crippen LogP contribution is -2.57. The monoisotopic (exact) mass is 193 g/mol. The second-order valence-electron chi connectivity index (χ2n) is 5.45. The van der Waals surface area contributed by atoms with Gasteiger partial charge in [0.15, 0.2) is 0 Å². The Morgan fingerprint density at radius 1 is 1.00 bits per heavy atom. The van der Waals surface area contributed by atoms with E-state index in [2.05, 4.69) is 15.9 Å². The lowest BCUT2D eigenvalue weighted by atomic mass is 9.52. The van der Waals surface area contributed by atoms with Crippen LogP contribution in [-0.4, -0.2) is 5.72 Å². The topological polar surface area (TPSA) is 46.0 Å². The van der Waals surface area contributed by atoms with Crippen molar-refractivity contribution in [3.63, 3.8) is 0 Å². The lowest BCUT2D eigenvalue weighted by Gasteiger charge is -2.56. The van der Waals surface area contributed by atoms with E-state index in [1.807, 2.05) is 0 Å². The Morgan fingerprint density at radius 3 is 2.14 bits per heavy atom. The van der Waals surface area contributed by atoms with Gasteiger partial charge in [-0.3, -0.25) is 0 Å². The molecule has 0 aromatic heterocycles. The second-order valence-corrected chi connectivity index (χ2v) is 5.45. The molecule has 4 saturated carbocycles. The van der Waals surface area contributed by atoms with Gasteiger partial charge in [0.25, 0.3) is 0 Å². The molecule has 5 rings (SSSR count). The fourth-order valence-electron chi connectivity index (χ4n) is 4.40. The van der Waals surface area contributed by atoms with Crippen molar-refractivity contribution in [3.8, 4) is 0 Å². The standard InChI is InChI=1S/C10H15N3O/c1-6-2-8-4-7(1)5-9(3-6)10(8)11-12-13-14-10/h6-9H,1-5H2,(H,11,13). The van der Waals surface area contributed by atoms with E-state index < -0.39 is 0 Å². The average molecular weight is 193 g/mol. The molecule has 0 radical (unpaired) electrons. The van der Waals surface area contributed by atoms with E-state index in [0.29, 0.717) is 11.8 Å². The minimum atomic E-state index is -0.257. The first kappa shape index (κ1) is 7.63. The molecule has 0 amide bonds. The van der Waals surface area contributed by atoms with Gasteiger partial charge in [0.2, 0.25) is 5.72 Å². The maximum atomic E-state index is 5.63. The third-order valence-corrected chi connectivity index (χ3v) is 4.76. The Morgan fingerprint density at radius 2 is 1.64 bits per heavy atom. The van der Waals surface area contributed by atoms with Gasteiger partial charge in [0, 0.05) is 11.8 Å². The molecule has 0 aromatic carbocycles. The highest BCUT2D eigenvalue weighted by atomic mass is 16.7. The van der Waals surface area contributed by atoms with E-state index in [9.17, 15) is 0 Å². The van der Waals surface area contributed by atoms with Crippen molar-refractivity contribution >= 4 is 0 Å². The van der Waals surface area contributed by atoms with E-state index in [1.54, 1.807) is 0 Å². The molecule has 1 spiro atoms. The maximum absolute atomic E-state index is 5.63. The summed E-state index contributed by atoms with van der Waals surface area (Å²) in [7, 11) is 0. The summed E-state index contributed by atoms with van der Waals surface area (Å²) in [4.78, 5) is 5.63. The molecular weight excluding hydrogens is 178 g/mol. The predicted molar refractivity (Wildman–Crippen MR) is 48.9 cm³/mol. The summed E-state index contributed by atoms with van der Waals surface area (Å²) in [6.07, 6.45) is 6.72. The van der Waals surface area contributed by atoms with Crippen molar-refractivity contribution in [2.24, 2.45) is 34.0 Å². The van der Waals surface area contributed by atoms with Gasteiger partial charge in [0.05, 0.1) is 0 Å². The highest BCUT2D eigenvalue weighted by molar-refractivity contribution is 5.06. The molecule has 0 saturated heterocycles. The van der Waals surface area contributed by atoms with Gasteiger partial charge in [-0.25, -0.2) is 4.84 Å². The van der Waals surface area contributed by atoms with Crippen molar-refractivity contribution in [1.82, 2.24) is 5.59 Å². The summed E-state index contributed by atoms with van der Waals surface area (Å²) in [5.41, 5.74) is 2.34. The van der Waals surface area contributed by atoms with Crippen LogP contribution in [-0.2, 0) is 4.84 Å². The van der Waals surface area contributed by atoms with E-state index in [0.717, 1.165) is 11.8 Å². The molecule has 1 aliphatic heterocycles.